The molecule has 0 aliphatic heterocycles. The summed E-state index contributed by atoms with van der Waals surface area (Å²) in [5, 5.41) is 8.40. The number of fused-ring (bicyclic) bond motifs is 4. The molecule has 0 radical (unpaired) electrons. The number of carbonyl (C=O) groups is 1. The van der Waals surface area contributed by atoms with E-state index >= 15 is 4.79 Å². The van der Waals surface area contributed by atoms with Crippen LogP contribution < -0.4 is 0 Å². The molecule has 244 valence electrons. The Morgan fingerprint density at radius 3 is 0.760 bits per heavy atom. The van der Waals surface area contributed by atoms with Crippen LogP contribution in [0.5, 0.6) is 0 Å². The van der Waals surface area contributed by atoms with E-state index < -0.39 is 10.8 Å². The van der Waals surface area contributed by atoms with E-state index in [9.17, 15) is 0 Å². The zero-order chi connectivity index (χ0) is 34.8. The molecular formula is C45H30Br4O. The van der Waals surface area contributed by atoms with Gasteiger partial charge in [-0.15, -0.1) is 0 Å². The molecule has 0 saturated carbocycles. The molecule has 8 aromatic carbocycles. The third-order valence-corrected chi connectivity index (χ3v) is 13.3. The van der Waals surface area contributed by atoms with Gasteiger partial charge in [0.2, 0.25) is 0 Å². The van der Waals surface area contributed by atoms with Gasteiger partial charge in [-0.1, -0.05) is 185 Å². The van der Waals surface area contributed by atoms with E-state index in [4.69, 9.17) is 0 Å². The van der Waals surface area contributed by atoms with Gasteiger partial charge in [-0.3, -0.25) is 4.79 Å². The lowest BCUT2D eigenvalue weighted by Gasteiger charge is -2.42. The molecule has 8 aromatic rings. The second kappa shape index (κ2) is 12.9. The molecule has 0 unspecified atom stereocenters. The monoisotopic (exact) mass is 902 g/mol. The Morgan fingerprint density at radius 1 is 0.340 bits per heavy atom. The summed E-state index contributed by atoms with van der Waals surface area (Å²) in [7, 11) is 0. The van der Waals surface area contributed by atoms with Crippen LogP contribution in [0, 0.1) is 0 Å². The first kappa shape index (κ1) is 33.5. The maximum atomic E-state index is 16.8. The van der Waals surface area contributed by atoms with Crippen molar-refractivity contribution in [2.75, 3.05) is 0 Å². The molecule has 0 fully saturated rings. The van der Waals surface area contributed by atoms with Gasteiger partial charge in [-0.25, -0.2) is 0 Å². The van der Waals surface area contributed by atoms with Crippen LogP contribution in [-0.4, -0.2) is 5.78 Å². The van der Waals surface area contributed by atoms with Gasteiger partial charge in [0.05, 0.1) is 10.8 Å². The number of Topliss-reactive ketones (excluding diaryl/α,β-unsaturated/α-hetero) is 1. The van der Waals surface area contributed by atoms with Crippen LogP contribution in [0.4, 0.5) is 0 Å². The average molecular weight is 906 g/mol. The first-order valence-corrected chi connectivity index (χ1v) is 19.6. The predicted octanol–water partition coefficient (Wildman–Crippen LogP) is 14.2. The second-order valence-corrected chi connectivity index (χ2v) is 16.6. The SMILES string of the molecule is CC(C(=O)C(C)(c1ccc(Br)c2ccccc12)c1ccc(Br)c2ccccc12)(c1ccc(Br)c2ccccc12)c1ccc(Br)c2ccccc12. The molecule has 50 heavy (non-hydrogen) atoms. The molecule has 0 N–H and O–H groups in total. The Labute approximate surface area is 325 Å². The number of carbonyl (C=O) groups excluding carboxylic acids is 1. The molecule has 0 atom stereocenters. The number of benzene rings is 8. The van der Waals surface area contributed by atoms with Crippen LogP contribution >= 0.6 is 63.7 Å². The first-order valence-electron chi connectivity index (χ1n) is 16.4. The first-order chi connectivity index (χ1) is 24.2. The smallest absolute Gasteiger partial charge is 0.162 e. The number of halogens is 4. The summed E-state index contributed by atoms with van der Waals surface area (Å²) in [6.45, 7) is 4.28. The van der Waals surface area contributed by atoms with Crippen LogP contribution in [0.15, 0.2) is 163 Å². The molecule has 0 aliphatic carbocycles. The Hall–Kier alpha value is -3.61. The minimum atomic E-state index is -1.11. The summed E-state index contributed by atoms with van der Waals surface area (Å²) < 4.78 is 3.97. The summed E-state index contributed by atoms with van der Waals surface area (Å²) in [5.41, 5.74) is 1.62. The van der Waals surface area contributed by atoms with Gasteiger partial charge < -0.3 is 0 Å². The third kappa shape index (κ3) is 5.07. The van der Waals surface area contributed by atoms with Crippen LogP contribution in [0.25, 0.3) is 43.1 Å². The van der Waals surface area contributed by atoms with E-state index in [0.29, 0.717) is 0 Å². The van der Waals surface area contributed by atoms with Crippen molar-refractivity contribution in [3.63, 3.8) is 0 Å². The number of hydrogen-bond donors (Lipinski definition) is 0. The Kier molecular flexibility index (Phi) is 8.62. The zero-order valence-corrected chi connectivity index (χ0v) is 33.6. The lowest BCUT2D eigenvalue weighted by molar-refractivity contribution is -0.126. The van der Waals surface area contributed by atoms with Crippen molar-refractivity contribution in [2.45, 2.75) is 24.7 Å². The highest BCUT2D eigenvalue weighted by Gasteiger charge is 2.51. The van der Waals surface area contributed by atoms with E-state index in [1.807, 2.05) is 0 Å². The topological polar surface area (TPSA) is 17.1 Å². The molecule has 1 nitrogen and oxygen atoms in total. The summed E-state index contributed by atoms with van der Waals surface area (Å²) in [4.78, 5) is 16.8. The van der Waals surface area contributed by atoms with Crippen molar-refractivity contribution in [1.82, 2.24) is 0 Å². The van der Waals surface area contributed by atoms with Crippen LogP contribution in [-0.2, 0) is 15.6 Å². The molecule has 0 spiro atoms. The minimum absolute atomic E-state index is 0.0879. The highest BCUT2D eigenvalue weighted by Crippen LogP contribution is 2.51. The average Bonchev–Trinajstić information content (AvgIpc) is 3.15. The van der Waals surface area contributed by atoms with Gasteiger partial charge in [0, 0.05) is 17.9 Å². The fraction of sp³-hybridized carbons (Fsp3) is 0.0889. The fourth-order valence-corrected chi connectivity index (χ4v) is 9.98. The highest BCUT2D eigenvalue weighted by atomic mass is 79.9. The Bertz CT molecular complexity index is 2310. The maximum Gasteiger partial charge on any atom is 0.162 e. The highest BCUT2D eigenvalue weighted by molar-refractivity contribution is 9.11. The molecule has 0 bridgehead atoms. The fourth-order valence-electron chi connectivity index (χ4n) is 8.07. The van der Waals surface area contributed by atoms with E-state index in [1.54, 1.807) is 0 Å². The van der Waals surface area contributed by atoms with Gasteiger partial charge in [0.25, 0.3) is 0 Å². The van der Waals surface area contributed by atoms with Gasteiger partial charge in [-0.2, -0.15) is 0 Å². The van der Waals surface area contributed by atoms with Crippen LogP contribution in [0.2, 0.25) is 0 Å². The Morgan fingerprint density at radius 2 is 0.540 bits per heavy atom. The van der Waals surface area contributed by atoms with E-state index in [-0.39, 0.29) is 5.78 Å². The van der Waals surface area contributed by atoms with E-state index in [1.165, 1.54) is 0 Å². The van der Waals surface area contributed by atoms with Crippen LogP contribution in [0.1, 0.15) is 36.1 Å². The van der Waals surface area contributed by atoms with Crippen molar-refractivity contribution in [3.05, 3.63) is 186 Å². The van der Waals surface area contributed by atoms with Crippen molar-refractivity contribution in [3.8, 4) is 0 Å². The molecular weight excluding hydrogens is 876 g/mol. The van der Waals surface area contributed by atoms with Gasteiger partial charge in [-0.05, 0) is 103 Å². The zero-order valence-electron chi connectivity index (χ0n) is 27.3. The summed E-state index contributed by atoms with van der Waals surface area (Å²) in [6.07, 6.45) is 0. The number of rotatable bonds is 6. The second-order valence-electron chi connectivity index (χ2n) is 13.1. The third-order valence-electron chi connectivity index (χ3n) is 10.5. The van der Waals surface area contributed by atoms with Crippen molar-refractivity contribution < 1.29 is 4.79 Å². The lowest BCUT2D eigenvalue weighted by atomic mass is 9.58. The summed E-state index contributed by atoms with van der Waals surface area (Å²) >= 11 is 15.3. The summed E-state index contributed by atoms with van der Waals surface area (Å²) in [5.74, 6) is 0.0879. The summed E-state index contributed by atoms with van der Waals surface area (Å²) in [6, 6.07) is 50.4. The van der Waals surface area contributed by atoms with Crippen molar-refractivity contribution >= 4 is 113 Å². The van der Waals surface area contributed by atoms with Crippen LogP contribution in [0.3, 0.4) is 0 Å². The normalized spacial score (nSPS) is 12.3. The standard InChI is InChI=1S/C45H30Br4O/c1-44(35-19-23-39(46)31-15-7-3-11-27(31)35,36-20-24-40(47)32-16-8-4-12-28(32)36)43(50)45(2,37-21-25-41(48)33-17-9-5-13-29(33)37)38-22-26-42(49)34-18-10-6-14-30(34)38/h3-26H,1-2H3. The molecule has 0 aliphatic rings. The largest absolute Gasteiger partial charge is 0.297 e. The van der Waals surface area contributed by atoms with Gasteiger partial charge in [0.15, 0.2) is 5.78 Å². The Balaban J connectivity index is 1.56. The van der Waals surface area contributed by atoms with Crippen molar-refractivity contribution in [1.29, 1.82) is 0 Å². The molecule has 8 rings (SSSR count). The van der Waals surface area contributed by atoms with E-state index in [2.05, 4.69) is 223 Å². The van der Waals surface area contributed by atoms with E-state index in [0.717, 1.165) is 83.2 Å². The van der Waals surface area contributed by atoms with Gasteiger partial charge >= 0.3 is 0 Å². The quantitative estimate of drug-likeness (QED) is 0.162. The number of ketones is 1. The maximum absolute atomic E-state index is 16.8. The molecule has 5 heteroatoms. The molecule has 0 aromatic heterocycles. The molecule has 0 amide bonds. The lowest BCUT2D eigenvalue weighted by Crippen LogP contribution is -2.48. The minimum Gasteiger partial charge on any atom is -0.297 e. The molecule has 0 heterocycles. The number of hydrogen-bond acceptors (Lipinski definition) is 1. The van der Waals surface area contributed by atoms with Crippen molar-refractivity contribution in [2.24, 2.45) is 0 Å². The molecule has 0 saturated heterocycles. The van der Waals surface area contributed by atoms with Gasteiger partial charge in [0.1, 0.15) is 0 Å². The predicted molar refractivity (Wildman–Crippen MR) is 225 cm³/mol.